The topological polar surface area (TPSA) is 159 Å². The highest BCUT2D eigenvalue weighted by Gasteiger charge is 2.29. The minimum absolute atomic E-state index is 0.0159. The molecule has 0 fully saturated rings. The Bertz CT molecular complexity index is 2520. The molecule has 0 saturated heterocycles. The number of rotatable bonds is 12. The number of carbonyl (C=O) groups excluding carboxylic acids is 4. The Morgan fingerprint density at radius 1 is 0.776 bits per heavy atom. The maximum Gasteiger partial charge on any atom is 0.407 e. The van der Waals surface area contributed by atoms with E-state index >= 15 is 0 Å². The van der Waals surface area contributed by atoms with Crippen LogP contribution in [0.3, 0.4) is 0 Å². The molecule has 0 spiro atoms. The van der Waals surface area contributed by atoms with E-state index in [4.69, 9.17) is 23.4 Å². The highest BCUT2D eigenvalue weighted by atomic mass is 16.6. The van der Waals surface area contributed by atoms with Crippen LogP contribution in [0.4, 0.5) is 10.5 Å². The van der Waals surface area contributed by atoms with Crippen molar-refractivity contribution in [1.29, 1.82) is 0 Å². The minimum atomic E-state index is -0.678. The number of alkyl carbamates (subject to hydrolysis) is 1. The summed E-state index contributed by atoms with van der Waals surface area (Å²) in [7, 11) is 0. The monoisotopic (exact) mass is 782 g/mol. The van der Waals surface area contributed by atoms with Crippen LogP contribution in [0.5, 0.6) is 5.75 Å². The van der Waals surface area contributed by atoms with Gasteiger partial charge in [0.2, 0.25) is 5.91 Å². The molecule has 2 N–H and O–H groups in total. The zero-order valence-corrected chi connectivity index (χ0v) is 32.5. The van der Waals surface area contributed by atoms with Gasteiger partial charge in [0.1, 0.15) is 29.3 Å². The second kappa shape index (κ2) is 16.6. The SMILES string of the molecule is CCOC(=O)c1cc(NC(=O)CCNC(=O)OCC2c3ccccc3-c3ccccc32)ccc1-c1c2ccc(=O)cc-2oc2cc(OCC(=O)OC(C)(C)C)ccc12. The lowest BCUT2D eigenvalue weighted by molar-refractivity contribution is -0.157. The van der Waals surface area contributed by atoms with E-state index in [1.165, 1.54) is 18.2 Å². The fourth-order valence-corrected chi connectivity index (χ4v) is 7.11. The molecule has 3 aliphatic rings. The smallest absolute Gasteiger partial charge is 0.407 e. The van der Waals surface area contributed by atoms with Crippen molar-refractivity contribution in [3.63, 3.8) is 0 Å². The first-order valence-corrected chi connectivity index (χ1v) is 18.9. The van der Waals surface area contributed by atoms with Gasteiger partial charge in [0.25, 0.3) is 0 Å². The van der Waals surface area contributed by atoms with Crippen LogP contribution in [-0.2, 0) is 23.8 Å². The number of hydrogen-bond acceptors (Lipinski definition) is 10. The first-order valence-electron chi connectivity index (χ1n) is 18.9. The number of anilines is 1. The Hall–Kier alpha value is -6.95. The van der Waals surface area contributed by atoms with Crippen molar-refractivity contribution in [3.8, 4) is 39.3 Å². The molecule has 0 radical (unpaired) electrons. The summed E-state index contributed by atoms with van der Waals surface area (Å²) in [5.41, 5.74) is 5.87. The summed E-state index contributed by atoms with van der Waals surface area (Å²) in [5.74, 6) is -1.09. The summed E-state index contributed by atoms with van der Waals surface area (Å²) in [5, 5.41) is 6.04. The summed E-state index contributed by atoms with van der Waals surface area (Å²) in [6, 6.07) is 30.3. The molecule has 2 amide bonds. The number of esters is 2. The minimum Gasteiger partial charge on any atom is -0.482 e. The number of benzene rings is 5. The van der Waals surface area contributed by atoms with E-state index in [2.05, 4.69) is 22.8 Å². The molecule has 12 nitrogen and oxygen atoms in total. The maximum atomic E-state index is 13.5. The Labute approximate surface area is 334 Å². The van der Waals surface area contributed by atoms with Crippen LogP contribution in [0, 0.1) is 0 Å². The first-order chi connectivity index (χ1) is 27.9. The van der Waals surface area contributed by atoms with Gasteiger partial charge in [-0.05, 0) is 91.9 Å². The van der Waals surface area contributed by atoms with Crippen LogP contribution in [0.2, 0.25) is 0 Å². The van der Waals surface area contributed by atoms with Gasteiger partial charge in [-0.1, -0.05) is 54.6 Å². The van der Waals surface area contributed by atoms with Crippen molar-refractivity contribution in [2.45, 2.75) is 45.6 Å². The number of carbonyl (C=O) groups is 4. The molecule has 296 valence electrons. The number of nitrogens with one attached hydrogen (secondary N) is 2. The van der Waals surface area contributed by atoms with Crippen LogP contribution in [0.25, 0.3) is 44.5 Å². The van der Waals surface area contributed by atoms with E-state index in [0.717, 1.165) is 22.3 Å². The predicted octanol–water partition coefficient (Wildman–Crippen LogP) is 8.33. The fraction of sp³-hybridized carbons (Fsp3) is 0.239. The van der Waals surface area contributed by atoms with Crippen LogP contribution < -0.4 is 20.8 Å². The molecular weight excluding hydrogens is 741 g/mol. The summed E-state index contributed by atoms with van der Waals surface area (Å²) >= 11 is 0. The van der Waals surface area contributed by atoms with E-state index in [0.29, 0.717) is 39.1 Å². The Morgan fingerprint density at radius 2 is 1.48 bits per heavy atom. The van der Waals surface area contributed by atoms with Gasteiger partial charge in [-0.2, -0.15) is 0 Å². The van der Waals surface area contributed by atoms with E-state index in [1.54, 1.807) is 64.1 Å². The first kappa shape index (κ1) is 39.3. The largest absolute Gasteiger partial charge is 0.482 e. The van der Waals surface area contributed by atoms with Gasteiger partial charge < -0.3 is 34.0 Å². The zero-order chi connectivity index (χ0) is 41.0. The predicted molar refractivity (Wildman–Crippen MR) is 218 cm³/mol. The number of hydrogen-bond donors (Lipinski definition) is 2. The lowest BCUT2D eigenvalue weighted by Gasteiger charge is -2.20. The molecule has 0 saturated carbocycles. The third kappa shape index (κ3) is 8.71. The van der Waals surface area contributed by atoms with Gasteiger partial charge in [-0.25, -0.2) is 14.4 Å². The van der Waals surface area contributed by atoms with Crippen molar-refractivity contribution in [3.05, 3.63) is 130 Å². The van der Waals surface area contributed by atoms with E-state index in [9.17, 15) is 24.0 Å². The molecule has 1 heterocycles. The van der Waals surface area contributed by atoms with Crippen molar-refractivity contribution < 1.29 is 42.5 Å². The van der Waals surface area contributed by atoms with Crippen molar-refractivity contribution in [1.82, 2.24) is 5.32 Å². The summed E-state index contributed by atoms with van der Waals surface area (Å²) in [6.45, 7) is 6.90. The van der Waals surface area contributed by atoms with E-state index in [-0.39, 0.29) is 55.5 Å². The van der Waals surface area contributed by atoms with Gasteiger partial charge in [0.15, 0.2) is 12.0 Å². The quantitative estimate of drug-likeness (QED) is 0.0702. The molecule has 0 atom stereocenters. The molecule has 1 aliphatic heterocycles. The normalized spacial score (nSPS) is 12.1. The molecule has 0 bridgehead atoms. The molecule has 4 aromatic rings. The van der Waals surface area contributed by atoms with Crippen LogP contribution in [-0.4, -0.2) is 55.9 Å². The van der Waals surface area contributed by atoms with Gasteiger partial charge in [0, 0.05) is 53.2 Å². The molecular formula is C46H42N2O10. The number of amides is 2. The second-order valence-electron chi connectivity index (χ2n) is 14.7. The third-order valence-electron chi connectivity index (χ3n) is 9.47. The Balaban J connectivity index is 1.06. The van der Waals surface area contributed by atoms with Crippen molar-refractivity contribution in [2.75, 3.05) is 31.7 Å². The van der Waals surface area contributed by atoms with Gasteiger partial charge >= 0.3 is 18.0 Å². The molecule has 0 unspecified atom stereocenters. The Kier molecular flexibility index (Phi) is 11.3. The van der Waals surface area contributed by atoms with Gasteiger partial charge in [0.05, 0.1) is 12.2 Å². The lowest BCUT2D eigenvalue weighted by Crippen LogP contribution is -2.29. The molecule has 58 heavy (non-hydrogen) atoms. The van der Waals surface area contributed by atoms with Gasteiger partial charge in [-0.15, -0.1) is 0 Å². The lowest BCUT2D eigenvalue weighted by atomic mass is 9.90. The third-order valence-corrected chi connectivity index (χ3v) is 9.47. The highest BCUT2D eigenvalue weighted by molar-refractivity contribution is 6.09. The average molecular weight is 783 g/mol. The highest BCUT2D eigenvalue weighted by Crippen LogP contribution is 2.45. The van der Waals surface area contributed by atoms with E-state index in [1.807, 2.05) is 36.4 Å². The van der Waals surface area contributed by atoms with Gasteiger partial charge in [-0.3, -0.25) is 9.59 Å². The second-order valence-corrected chi connectivity index (χ2v) is 14.7. The molecule has 4 aromatic carbocycles. The molecule has 12 heteroatoms. The Morgan fingerprint density at radius 3 is 2.19 bits per heavy atom. The van der Waals surface area contributed by atoms with Crippen LogP contribution in [0.15, 0.2) is 112 Å². The zero-order valence-electron chi connectivity index (χ0n) is 32.5. The summed E-state index contributed by atoms with van der Waals surface area (Å²) < 4.78 is 28.2. The number of fused-ring (bicyclic) bond motifs is 5. The summed E-state index contributed by atoms with van der Waals surface area (Å²) in [4.78, 5) is 64.0. The fourth-order valence-electron chi connectivity index (χ4n) is 7.11. The van der Waals surface area contributed by atoms with E-state index < -0.39 is 29.5 Å². The van der Waals surface area contributed by atoms with Crippen LogP contribution in [0.1, 0.15) is 61.5 Å². The van der Waals surface area contributed by atoms with Crippen molar-refractivity contribution in [2.24, 2.45) is 0 Å². The average Bonchev–Trinajstić information content (AvgIpc) is 3.51. The van der Waals surface area contributed by atoms with Crippen molar-refractivity contribution >= 4 is 40.6 Å². The standard InChI is InChI=1S/C46H42N2O10/c1-5-54-44(52)37-22-27(48-41(50)20-21-47-45(53)56-25-38-32-12-8-6-10-30(32)31-11-7-9-13-33(31)38)14-17-34(37)43-35-18-15-28(49)23-39(35)57-40-24-29(16-19-36(40)43)55-26-42(51)58-46(2,3)4/h6-19,22-24,38H,5,20-21,25-26H2,1-4H3,(H,47,53)(H,48,50). The molecule has 7 rings (SSSR count). The number of ether oxygens (including phenoxy) is 4. The maximum absolute atomic E-state index is 13.5. The molecule has 0 aromatic heterocycles. The van der Waals surface area contributed by atoms with Crippen LogP contribution >= 0.6 is 0 Å². The summed E-state index contributed by atoms with van der Waals surface area (Å²) in [6.07, 6.45) is -0.699. The molecule has 2 aliphatic carbocycles.